The number of nitrogens with one attached hydrogen (secondary N) is 2. The standard InChI is InChI=1S/C24H33BrN4O3/c1-23(2,19-7-8-24(3,27)10-18(19)21(31)11-25)28-13-16(30)14-32-22-6-4-5-20-17(22)9-15(12-26)29-20/h4-6,9,16,18-19,28-30H,7-8,10-11,13-14,27H2,1-3H3. The van der Waals surface area contributed by atoms with Crippen molar-refractivity contribution in [3.8, 4) is 11.8 Å². The third kappa shape index (κ3) is 5.70. The van der Waals surface area contributed by atoms with Gasteiger partial charge in [0.1, 0.15) is 36.0 Å². The molecule has 2 aromatic rings. The topological polar surface area (TPSA) is 124 Å². The molecular formula is C24H33BrN4O3. The number of β-amino-alcohol motifs (C(OH)–C–C–N with tert-alkyl or cyclic N) is 1. The first kappa shape index (κ1) is 24.7. The molecule has 1 aromatic carbocycles. The first-order valence-corrected chi connectivity index (χ1v) is 12.1. The fraction of sp³-hybridized carbons (Fsp3) is 0.583. The summed E-state index contributed by atoms with van der Waals surface area (Å²) < 4.78 is 5.86. The Bertz CT molecular complexity index is 995. The van der Waals surface area contributed by atoms with E-state index < -0.39 is 6.10 Å². The number of carbonyl (C=O) groups is 1. The SMILES string of the molecule is CC1(N)CCC(C(C)(C)NCC(O)COc2cccc3[nH]c(C#N)cc23)C(C(=O)CBr)C1. The zero-order valence-corrected chi connectivity index (χ0v) is 20.5. The van der Waals surface area contributed by atoms with Crippen LogP contribution in [0.25, 0.3) is 10.9 Å². The van der Waals surface area contributed by atoms with E-state index in [-0.39, 0.29) is 35.3 Å². The number of carbonyl (C=O) groups excluding carboxylic acids is 1. The van der Waals surface area contributed by atoms with Crippen LogP contribution in [0.15, 0.2) is 24.3 Å². The van der Waals surface area contributed by atoms with Gasteiger partial charge in [0, 0.05) is 28.9 Å². The summed E-state index contributed by atoms with van der Waals surface area (Å²) in [7, 11) is 0. The van der Waals surface area contributed by atoms with Gasteiger partial charge in [-0.25, -0.2) is 0 Å². The van der Waals surface area contributed by atoms with Gasteiger partial charge in [-0.05, 0) is 64.2 Å². The molecule has 0 amide bonds. The van der Waals surface area contributed by atoms with Crippen molar-refractivity contribution in [1.29, 1.82) is 5.26 Å². The Kier molecular flexibility index (Phi) is 7.66. The molecule has 0 bridgehead atoms. The second-order valence-corrected chi connectivity index (χ2v) is 10.4. The number of rotatable bonds is 9. The molecule has 0 radical (unpaired) electrons. The van der Waals surface area contributed by atoms with Crippen molar-refractivity contribution < 1.29 is 14.6 Å². The van der Waals surface area contributed by atoms with Gasteiger partial charge in [-0.15, -0.1) is 0 Å². The molecule has 4 atom stereocenters. The smallest absolute Gasteiger partial charge is 0.146 e. The number of nitriles is 1. The van der Waals surface area contributed by atoms with Crippen molar-refractivity contribution in [2.45, 2.75) is 57.2 Å². The molecule has 1 fully saturated rings. The van der Waals surface area contributed by atoms with Gasteiger partial charge in [-0.1, -0.05) is 22.0 Å². The minimum Gasteiger partial charge on any atom is -0.490 e. The number of nitrogens with zero attached hydrogens (tertiary/aromatic N) is 1. The van der Waals surface area contributed by atoms with Crippen molar-refractivity contribution in [3.05, 3.63) is 30.0 Å². The fourth-order valence-electron chi connectivity index (χ4n) is 4.80. The van der Waals surface area contributed by atoms with E-state index in [1.165, 1.54) is 0 Å². The second-order valence-electron chi connectivity index (χ2n) is 9.79. The number of ketones is 1. The fourth-order valence-corrected chi connectivity index (χ4v) is 5.22. The van der Waals surface area contributed by atoms with Gasteiger partial charge in [0.05, 0.1) is 10.8 Å². The number of alkyl halides is 1. The van der Waals surface area contributed by atoms with Crippen LogP contribution in [0.5, 0.6) is 5.75 Å². The predicted octanol–water partition coefficient (Wildman–Crippen LogP) is 3.25. The minimum atomic E-state index is -0.729. The zero-order valence-electron chi connectivity index (χ0n) is 19.0. The molecule has 1 saturated carbocycles. The first-order chi connectivity index (χ1) is 15.1. The highest BCUT2D eigenvalue weighted by molar-refractivity contribution is 9.09. The van der Waals surface area contributed by atoms with Crippen LogP contribution in [0.4, 0.5) is 0 Å². The van der Waals surface area contributed by atoms with Gasteiger partial charge in [0.2, 0.25) is 0 Å². The summed E-state index contributed by atoms with van der Waals surface area (Å²) in [6.45, 7) is 6.64. The molecule has 4 unspecified atom stereocenters. The van der Waals surface area contributed by atoms with E-state index in [2.05, 4.69) is 46.1 Å². The summed E-state index contributed by atoms with van der Waals surface area (Å²) in [5, 5.41) is 24.3. The average Bonchev–Trinajstić information content (AvgIpc) is 3.19. The minimum absolute atomic E-state index is 0.116. The lowest BCUT2D eigenvalue weighted by Gasteiger charge is -2.47. The van der Waals surface area contributed by atoms with E-state index in [1.54, 1.807) is 6.07 Å². The Hall–Kier alpha value is -1.92. The van der Waals surface area contributed by atoms with Gasteiger partial charge in [0.25, 0.3) is 0 Å². The molecule has 0 spiro atoms. The van der Waals surface area contributed by atoms with Crippen molar-refractivity contribution in [2.75, 3.05) is 18.5 Å². The number of halogens is 1. The van der Waals surface area contributed by atoms with Crippen molar-refractivity contribution in [1.82, 2.24) is 10.3 Å². The highest BCUT2D eigenvalue weighted by Crippen LogP contribution is 2.41. The van der Waals surface area contributed by atoms with Crippen LogP contribution < -0.4 is 15.8 Å². The van der Waals surface area contributed by atoms with E-state index >= 15 is 0 Å². The molecule has 1 aliphatic carbocycles. The molecule has 3 rings (SSSR count). The Morgan fingerprint density at radius 2 is 2.28 bits per heavy atom. The number of benzene rings is 1. The second kappa shape index (κ2) is 9.92. The zero-order chi connectivity index (χ0) is 23.5. The van der Waals surface area contributed by atoms with Crippen LogP contribution in [0, 0.1) is 23.2 Å². The summed E-state index contributed by atoms with van der Waals surface area (Å²) in [4.78, 5) is 15.6. The van der Waals surface area contributed by atoms with Gasteiger partial charge in [-0.3, -0.25) is 4.79 Å². The Morgan fingerprint density at radius 1 is 1.53 bits per heavy atom. The quantitative estimate of drug-likeness (QED) is 0.388. The number of Topliss-reactive ketones (excluding diaryl/α,β-unsaturated/α-hetero) is 1. The molecule has 1 heterocycles. The summed E-state index contributed by atoms with van der Waals surface area (Å²) >= 11 is 3.32. The summed E-state index contributed by atoms with van der Waals surface area (Å²) in [5.74, 6) is 0.822. The number of aromatic amines is 1. The number of ether oxygens (including phenoxy) is 1. The maximum absolute atomic E-state index is 12.6. The van der Waals surface area contributed by atoms with Gasteiger partial charge in [0.15, 0.2) is 0 Å². The Morgan fingerprint density at radius 3 is 2.97 bits per heavy atom. The Labute approximate surface area is 197 Å². The number of fused-ring (bicyclic) bond motifs is 1. The van der Waals surface area contributed by atoms with Gasteiger partial charge < -0.3 is 25.9 Å². The van der Waals surface area contributed by atoms with Crippen LogP contribution in [0.3, 0.4) is 0 Å². The van der Waals surface area contributed by atoms with E-state index in [1.807, 2.05) is 25.1 Å². The first-order valence-electron chi connectivity index (χ1n) is 11.0. The van der Waals surface area contributed by atoms with Crippen LogP contribution in [0.1, 0.15) is 45.7 Å². The van der Waals surface area contributed by atoms with E-state index in [0.717, 1.165) is 23.7 Å². The third-order valence-corrected chi connectivity index (χ3v) is 7.19. The number of hydrogen-bond acceptors (Lipinski definition) is 6. The van der Waals surface area contributed by atoms with Crippen molar-refractivity contribution in [3.63, 3.8) is 0 Å². The van der Waals surface area contributed by atoms with Crippen LogP contribution in [-0.4, -0.2) is 51.5 Å². The van der Waals surface area contributed by atoms with E-state index in [4.69, 9.17) is 15.7 Å². The number of aromatic nitrogens is 1. The maximum atomic E-state index is 12.6. The molecule has 1 aliphatic rings. The van der Waals surface area contributed by atoms with Crippen molar-refractivity contribution in [2.24, 2.45) is 17.6 Å². The maximum Gasteiger partial charge on any atom is 0.146 e. The predicted molar refractivity (Wildman–Crippen MR) is 129 cm³/mol. The normalized spacial score (nSPS) is 24.8. The molecule has 8 heteroatoms. The van der Waals surface area contributed by atoms with Gasteiger partial charge >= 0.3 is 0 Å². The Balaban J connectivity index is 1.60. The van der Waals surface area contributed by atoms with Crippen molar-refractivity contribution >= 4 is 32.6 Å². The lowest BCUT2D eigenvalue weighted by atomic mass is 9.63. The molecule has 32 heavy (non-hydrogen) atoms. The van der Waals surface area contributed by atoms with Crippen LogP contribution >= 0.6 is 15.9 Å². The third-order valence-electron chi connectivity index (χ3n) is 6.64. The molecule has 0 saturated heterocycles. The molecule has 7 nitrogen and oxygen atoms in total. The molecule has 174 valence electrons. The molecular weight excluding hydrogens is 472 g/mol. The molecule has 0 aliphatic heterocycles. The highest BCUT2D eigenvalue weighted by atomic mass is 79.9. The molecule has 5 N–H and O–H groups in total. The monoisotopic (exact) mass is 504 g/mol. The number of aliphatic hydroxyl groups excluding tert-OH is 1. The summed E-state index contributed by atoms with van der Waals surface area (Å²) in [6, 6.07) is 9.38. The lowest BCUT2D eigenvalue weighted by molar-refractivity contribution is -0.125. The molecule has 1 aromatic heterocycles. The largest absolute Gasteiger partial charge is 0.490 e. The number of nitrogens with two attached hydrogens (primary N) is 1. The number of aliphatic hydroxyl groups is 1. The average molecular weight is 505 g/mol. The van der Waals surface area contributed by atoms with Gasteiger partial charge in [-0.2, -0.15) is 5.26 Å². The summed E-state index contributed by atoms with van der Waals surface area (Å²) in [5.41, 5.74) is 6.98. The highest BCUT2D eigenvalue weighted by Gasteiger charge is 2.45. The van der Waals surface area contributed by atoms with E-state index in [9.17, 15) is 9.90 Å². The summed E-state index contributed by atoms with van der Waals surface area (Å²) in [6.07, 6.45) is 1.67. The van der Waals surface area contributed by atoms with E-state index in [0.29, 0.717) is 29.7 Å². The van der Waals surface area contributed by atoms with Crippen LogP contribution in [0.2, 0.25) is 0 Å². The number of hydrogen-bond donors (Lipinski definition) is 4. The number of H-pyrrole nitrogens is 1. The lowest BCUT2D eigenvalue weighted by Crippen LogP contribution is -2.57. The van der Waals surface area contributed by atoms with Crippen LogP contribution in [-0.2, 0) is 4.79 Å².